The number of hydrogen-bond acceptors (Lipinski definition) is 2. The van der Waals surface area contributed by atoms with Gasteiger partial charge in [-0.1, -0.05) is 30.3 Å². The van der Waals surface area contributed by atoms with Gasteiger partial charge in [0.15, 0.2) is 0 Å². The zero-order chi connectivity index (χ0) is 13.4. The first-order valence-corrected chi connectivity index (χ1v) is 6.42. The van der Waals surface area contributed by atoms with Crippen molar-refractivity contribution in [1.82, 2.24) is 9.55 Å². The highest BCUT2D eigenvalue weighted by molar-refractivity contribution is 5.81. The SMILES string of the molecule is Cc1ccccc1-c1nc2ccc(CN)cc2n1C. The summed E-state index contributed by atoms with van der Waals surface area (Å²) in [4.78, 5) is 4.74. The summed E-state index contributed by atoms with van der Waals surface area (Å²) in [5, 5.41) is 0. The van der Waals surface area contributed by atoms with Crippen LogP contribution in [0.1, 0.15) is 11.1 Å². The number of nitrogens with two attached hydrogens (primary N) is 1. The van der Waals surface area contributed by atoms with Crippen LogP contribution in [0.3, 0.4) is 0 Å². The minimum atomic E-state index is 0.556. The minimum absolute atomic E-state index is 0.556. The third kappa shape index (κ3) is 1.92. The molecule has 0 bridgehead atoms. The molecule has 0 saturated carbocycles. The van der Waals surface area contributed by atoms with Gasteiger partial charge >= 0.3 is 0 Å². The number of aromatic nitrogens is 2. The summed E-state index contributed by atoms with van der Waals surface area (Å²) in [5.41, 5.74) is 11.4. The van der Waals surface area contributed by atoms with Crippen molar-refractivity contribution in [2.24, 2.45) is 12.8 Å². The monoisotopic (exact) mass is 251 g/mol. The molecule has 2 aromatic carbocycles. The molecule has 2 N–H and O–H groups in total. The van der Waals surface area contributed by atoms with Gasteiger partial charge in [0.05, 0.1) is 11.0 Å². The molecule has 0 saturated heterocycles. The van der Waals surface area contributed by atoms with E-state index in [2.05, 4.69) is 36.7 Å². The summed E-state index contributed by atoms with van der Waals surface area (Å²) in [6.45, 7) is 2.67. The molecule has 3 aromatic rings. The van der Waals surface area contributed by atoms with E-state index in [9.17, 15) is 0 Å². The van der Waals surface area contributed by atoms with Gasteiger partial charge in [-0.25, -0.2) is 4.98 Å². The number of hydrogen-bond donors (Lipinski definition) is 1. The highest BCUT2D eigenvalue weighted by Gasteiger charge is 2.11. The molecular weight excluding hydrogens is 234 g/mol. The topological polar surface area (TPSA) is 43.8 Å². The van der Waals surface area contributed by atoms with Crippen LogP contribution in [0.25, 0.3) is 22.4 Å². The molecule has 0 aliphatic heterocycles. The summed E-state index contributed by atoms with van der Waals surface area (Å²) >= 11 is 0. The lowest BCUT2D eigenvalue weighted by molar-refractivity contribution is 0.954. The van der Waals surface area contributed by atoms with Crippen molar-refractivity contribution in [3.63, 3.8) is 0 Å². The molecule has 0 aliphatic carbocycles. The Hall–Kier alpha value is -2.13. The molecule has 1 aromatic heterocycles. The highest BCUT2D eigenvalue weighted by atomic mass is 15.1. The van der Waals surface area contributed by atoms with E-state index in [0.29, 0.717) is 6.54 Å². The number of imidazole rings is 1. The van der Waals surface area contributed by atoms with Crippen molar-refractivity contribution < 1.29 is 0 Å². The Morgan fingerprint density at radius 2 is 1.95 bits per heavy atom. The van der Waals surface area contributed by atoms with Crippen LogP contribution in [0, 0.1) is 6.92 Å². The molecule has 0 radical (unpaired) electrons. The molecule has 0 aliphatic rings. The van der Waals surface area contributed by atoms with Gasteiger partial charge in [0.1, 0.15) is 5.82 Å². The zero-order valence-corrected chi connectivity index (χ0v) is 11.2. The third-order valence-corrected chi connectivity index (χ3v) is 3.57. The van der Waals surface area contributed by atoms with E-state index in [1.807, 2.05) is 24.3 Å². The van der Waals surface area contributed by atoms with E-state index in [1.165, 1.54) is 11.1 Å². The van der Waals surface area contributed by atoms with E-state index in [4.69, 9.17) is 10.7 Å². The van der Waals surface area contributed by atoms with Gasteiger partial charge in [-0.05, 0) is 30.2 Å². The van der Waals surface area contributed by atoms with Gasteiger partial charge in [-0.2, -0.15) is 0 Å². The Morgan fingerprint density at radius 1 is 1.16 bits per heavy atom. The molecule has 1 heterocycles. The van der Waals surface area contributed by atoms with Crippen LogP contribution >= 0.6 is 0 Å². The average molecular weight is 251 g/mol. The number of aryl methyl sites for hydroxylation is 2. The van der Waals surface area contributed by atoms with Gasteiger partial charge < -0.3 is 10.3 Å². The van der Waals surface area contributed by atoms with E-state index < -0.39 is 0 Å². The average Bonchev–Trinajstić information content (AvgIpc) is 2.76. The molecule has 0 atom stereocenters. The Bertz CT molecular complexity index is 741. The van der Waals surface area contributed by atoms with E-state index >= 15 is 0 Å². The number of rotatable bonds is 2. The fourth-order valence-corrected chi connectivity index (χ4v) is 2.43. The van der Waals surface area contributed by atoms with E-state index in [0.717, 1.165) is 22.4 Å². The summed E-state index contributed by atoms with van der Waals surface area (Å²) in [5.74, 6) is 1.00. The molecule has 3 rings (SSSR count). The highest BCUT2D eigenvalue weighted by Crippen LogP contribution is 2.26. The second kappa shape index (κ2) is 4.52. The van der Waals surface area contributed by atoms with Crippen molar-refractivity contribution in [1.29, 1.82) is 0 Å². The van der Waals surface area contributed by atoms with Crippen LogP contribution < -0.4 is 5.73 Å². The largest absolute Gasteiger partial charge is 0.327 e. The summed E-state index contributed by atoms with van der Waals surface area (Å²) in [7, 11) is 2.05. The lowest BCUT2D eigenvalue weighted by Gasteiger charge is -2.05. The van der Waals surface area contributed by atoms with Gasteiger partial charge in [-0.3, -0.25) is 0 Å². The first-order valence-electron chi connectivity index (χ1n) is 6.42. The standard InChI is InChI=1S/C16H17N3/c1-11-5-3-4-6-13(11)16-18-14-8-7-12(10-17)9-15(14)19(16)2/h3-9H,10,17H2,1-2H3. The molecule has 0 fully saturated rings. The lowest BCUT2D eigenvalue weighted by Crippen LogP contribution is -1.97. The second-order valence-corrected chi connectivity index (χ2v) is 4.84. The summed E-state index contributed by atoms with van der Waals surface area (Å²) in [6.07, 6.45) is 0. The fraction of sp³-hybridized carbons (Fsp3) is 0.188. The Kier molecular flexibility index (Phi) is 2.84. The van der Waals surface area contributed by atoms with Gasteiger partial charge in [0.25, 0.3) is 0 Å². The number of nitrogens with zero attached hydrogens (tertiary/aromatic N) is 2. The maximum atomic E-state index is 5.70. The van der Waals surface area contributed by atoms with Crippen LogP contribution in [0.2, 0.25) is 0 Å². The maximum Gasteiger partial charge on any atom is 0.141 e. The second-order valence-electron chi connectivity index (χ2n) is 4.84. The van der Waals surface area contributed by atoms with Crippen molar-refractivity contribution >= 4 is 11.0 Å². The van der Waals surface area contributed by atoms with Crippen LogP contribution in [-0.4, -0.2) is 9.55 Å². The quantitative estimate of drug-likeness (QED) is 0.761. The Morgan fingerprint density at radius 3 is 2.68 bits per heavy atom. The van der Waals surface area contributed by atoms with Crippen LogP contribution in [0.5, 0.6) is 0 Å². The van der Waals surface area contributed by atoms with Gasteiger partial charge in [0.2, 0.25) is 0 Å². The van der Waals surface area contributed by atoms with Crippen molar-refractivity contribution in [2.45, 2.75) is 13.5 Å². The zero-order valence-electron chi connectivity index (χ0n) is 11.2. The first kappa shape index (κ1) is 11.9. The molecule has 19 heavy (non-hydrogen) atoms. The predicted octanol–water partition coefficient (Wildman–Crippen LogP) is 3.01. The smallest absolute Gasteiger partial charge is 0.141 e. The molecule has 0 amide bonds. The Balaban J connectivity index is 2.26. The summed E-state index contributed by atoms with van der Waals surface area (Å²) < 4.78 is 2.14. The van der Waals surface area contributed by atoms with Crippen molar-refractivity contribution in [3.8, 4) is 11.4 Å². The number of benzene rings is 2. The summed E-state index contributed by atoms with van der Waals surface area (Å²) in [6, 6.07) is 14.5. The van der Waals surface area contributed by atoms with Gasteiger partial charge in [-0.15, -0.1) is 0 Å². The third-order valence-electron chi connectivity index (χ3n) is 3.57. The minimum Gasteiger partial charge on any atom is -0.327 e. The maximum absolute atomic E-state index is 5.70. The molecule has 0 spiro atoms. The van der Waals surface area contributed by atoms with Crippen LogP contribution in [-0.2, 0) is 13.6 Å². The molecular formula is C16H17N3. The lowest BCUT2D eigenvalue weighted by atomic mass is 10.1. The predicted molar refractivity (Wildman–Crippen MR) is 78.8 cm³/mol. The van der Waals surface area contributed by atoms with E-state index in [-0.39, 0.29) is 0 Å². The number of fused-ring (bicyclic) bond motifs is 1. The normalized spacial score (nSPS) is 11.1. The Labute approximate surface area is 112 Å². The molecule has 3 nitrogen and oxygen atoms in total. The molecule has 3 heteroatoms. The van der Waals surface area contributed by atoms with Gasteiger partial charge in [0, 0.05) is 19.2 Å². The first-order chi connectivity index (χ1) is 9.20. The van der Waals surface area contributed by atoms with Crippen LogP contribution in [0.4, 0.5) is 0 Å². The fourth-order valence-electron chi connectivity index (χ4n) is 2.43. The molecule has 96 valence electrons. The van der Waals surface area contributed by atoms with Crippen molar-refractivity contribution in [2.75, 3.05) is 0 Å². The molecule has 0 unspecified atom stereocenters. The van der Waals surface area contributed by atoms with Crippen molar-refractivity contribution in [3.05, 3.63) is 53.6 Å². The van der Waals surface area contributed by atoms with E-state index in [1.54, 1.807) is 0 Å². The van der Waals surface area contributed by atoms with Crippen LogP contribution in [0.15, 0.2) is 42.5 Å².